The fraction of sp³-hybridized carbons (Fsp3) is 0.250. The summed E-state index contributed by atoms with van der Waals surface area (Å²) < 4.78 is 0. The number of fused-ring (bicyclic) bond motifs is 1. The maximum Gasteiger partial charge on any atom is 0.243 e. The van der Waals surface area contributed by atoms with Crippen molar-refractivity contribution in [3.63, 3.8) is 0 Å². The van der Waals surface area contributed by atoms with E-state index in [1.165, 1.54) is 10.8 Å². The van der Waals surface area contributed by atoms with Crippen LogP contribution in [0, 0.1) is 6.92 Å². The third kappa shape index (κ3) is 6.19. The zero-order chi connectivity index (χ0) is 25.3. The number of nitrogens with one attached hydrogen (secondary N) is 1. The first-order valence-corrected chi connectivity index (χ1v) is 12.7. The number of carbonyl (C=O) groups is 2. The van der Waals surface area contributed by atoms with Crippen LogP contribution in [0.1, 0.15) is 35.6 Å². The molecule has 0 aliphatic carbocycles. The molecule has 2 amide bonds. The Labute approximate surface area is 214 Å². The van der Waals surface area contributed by atoms with Crippen LogP contribution in [0.15, 0.2) is 97.1 Å². The van der Waals surface area contributed by atoms with Gasteiger partial charge in [0.15, 0.2) is 0 Å². The van der Waals surface area contributed by atoms with Crippen molar-refractivity contribution in [3.05, 3.63) is 119 Å². The van der Waals surface area contributed by atoms with E-state index in [-0.39, 0.29) is 11.8 Å². The van der Waals surface area contributed by atoms with Crippen molar-refractivity contribution in [3.8, 4) is 0 Å². The summed E-state index contributed by atoms with van der Waals surface area (Å²) in [6.45, 7) is 4.88. The molecule has 1 N–H and O–H groups in total. The van der Waals surface area contributed by atoms with E-state index in [0.29, 0.717) is 32.4 Å². The molecule has 0 aliphatic heterocycles. The molecule has 0 radical (unpaired) electrons. The molecular weight excluding hydrogens is 444 g/mol. The molecule has 1 unspecified atom stereocenters. The summed E-state index contributed by atoms with van der Waals surface area (Å²) in [4.78, 5) is 29.0. The van der Waals surface area contributed by atoms with E-state index < -0.39 is 6.04 Å². The third-order valence-corrected chi connectivity index (χ3v) is 6.71. The van der Waals surface area contributed by atoms with E-state index in [0.717, 1.165) is 22.3 Å². The van der Waals surface area contributed by atoms with Crippen molar-refractivity contribution >= 4 is 22.6 Å². The lowest BCUT2D eigenvalue weighted by molar-refractivity contribution is -0.141. The molecule has 4 heteroatoms. The monoisotopic (exact) mass is 478 g/mol. The highest BCUT2D eigenvalue weighted by Gasteiger charge is 2.30. The maximum atomic E-state index is 13.9. The van der Waals surface area contributed by atoms with Gasteiger partial charge in [0.05, 0.1) is 0 Å². The zero-order valence-electron chi connectivity index (χ0n) is 21.1. The minimum atomic E-state index is -0.591. The van der Waals surface area contributed by atoms with Gasteiger partial charge in [0.1, 0.15) is 6.04 Å². The summed E-state index contributed by atoms with van der Waals surface area (Å²) in [6, 6.07) is 31.9. The molecule has 4 nitrogen and oxygen atoms in total. The molecule has 0 heterocycles. The van der Waals surface area contributed by atoms with Gasteiger partial charge in [0.25, 0.3) is 0 Å². The van der Waals surface area contributed by atoms with Gasteiger partial charge in [-0.2, -0.15) is 0 Å². The van der Waals surface area contributed by atoms with Crippen LogP contribution in [-0.4, -0.2) is 29.3 Å². The molecule has 0 saturated carbocycles. The van der Waals surface area contributed by atoms with Crippen molar-refractivity contribution in [1.82, 2.24) is 10.2 Å². The van der Waals surface area contributed by atoms with E-state index in [1.54, 1.807) is 4.90 Å². The number of rotatable bonds is 10. The lowest BCUT2D eigenvalue weighted by atomic mass is 9.98. The van der Waals surface area contributed by atoms with Gasteiger partial charge in [-0.1, -0.05) is 97.1 Å². The maximum absolute atomic E-state index is 13.9. The fourth-order valence-corrected chi connectivity index (χ4v) is 4.71. The van der Waals surface area contributed by atoms with Gasteiger partial charge in [0.2, 0.25) is 11.8 Å². The lowest BCUT2D eigenvalue weighted by Gasteiger charge is -2.32. The molecule has 184 valence electrons. The Morgan fingerprint density at radius 2 is 1.47 bits per heavy atom. The first kappa shape index (κ1) is 25.2. The summed E-state index contributed by atoms with van der Waals surface area (Å²) in [7, 11) is 0. The van der Waals surface area contributed by atoms with Gasteiger partial charge in [-0.3, -0.25) is 9.59 Å². The Hall–Kier alpha value is -3.92. The standard InChI is InChI=1S/C32H34N2O2/c1-3-33-32(36)30(22-25-13-5-4-6-14-25)34(23-28-16-8-7-12-24(28)2)31(35)21-20-27-18-11-17-26-15-9-10-19-29(26)27/h4-19,30H,3,20-23H2,1-2H3,(H,33,36). The number of amides is 2. The summed E-state index contributed by atoms with van der Waals surface area (Å²) in [5.74, 6) is -0.133. The van der Waals surface area contributed by atoms with Gasteiger partial charge in [0, 0.05) is 25.9 Å². The summed E-state index contributed by atoms with van der Waals surface area (Å²) in [6.07, 6.45) is 1.43. The van der Waals surface area contributed by atoms with Crippen LogP contribution in [0.5, 0.6) is 0 Å². The molecule has 0 bridgehead atoms. The zero-order valence-corrected chi connectivity index (χ0v) is 21.1. The van der Waals surface area contributed by atoms with Gasteiger partial charge in [-0.15, -0.1) is 0 Å². The Morgan fingerprint density at radius 1 is 0.806 bits per heavy atom. The third-order valence-electron chi connectivity index (χ3n) is 6.71. The lowest BCUT2D eigenvalue weighted by Crippen LogP contribution is -2.50. The molecule has 4 aromatic rings. The molecule has 4 rings (SSSR count). The van der Waals surface area contributed by atoms with E-state index >= 15 is 0 Å². The SMILES string of the molecule is CCNC(=O)C(Cc1ccccc1)N(Cc1ccccc1C)C(=O)CCc1cccc2ccccc12. The van der Waals surface area contributed by atoms with Crippen LogP contribution in [0.2, 0.25) is 0 Å². The average molecular weight is 479 g/mol. The second kappa shape index (κ2) is 12.2. The van der Waals surface area contributed by atoms with Crippen molar-refractivity contribution < 1.29 is 9.59 Å². The Balaban J connectivity index is 1.64. The molecule has 1 atom stereocenters. The predicted molar refractivity (Wildman–Crippen MR) is 147 cm³/mol. The van der Waals surface area contributed by atoms with E-state index in [2.05, 4.69) is 29.6 Å². The number of carbonyl (C=O) groups excluding carboxylic acids is 2. The van der Waals surface area contributed by atoms with Gasteiger partial charge in [-0.05, 0) is 53.3 Å². The molecule has 4 aromatic carbocycles. The predicted octanol–water partition coefficient (Wildman–Crippen LogP) is 5.86. The Bertz CT molecular complexity index is 1310. The average Bonchev–Trinajstić information content (AvgIpc) is 2.91. The van der Waals surface area contributed by atoms with Crippen molar-refractivity contribution in [2.24, 2.45) is 0 Å². The first-order chi connectivity index (χ1) is 17.6. The molecule has 0 saturated heterocycles. The van der Waals surface area contributed by atoms with Crippen molar-refractivity contribution in [2.45, 2.75) is 45.7 Å². The topological polar surface area (TPSA) is 49.4 Å². The summed E-state index contributed by atoms with van der Waals surface area (Å²) in [5.41, 5.74) is 4.34. The van der Waals surface area contributed by atoms with Crippen LogP contribution < -0.4 is 5.32 Å². The second-order valence-electron chi connectivity index (χ2n) is 9.19. The smallest absolute Gasteiger partial charge is 0.243 e. The molecular formula is C32H34N2O2. The highest BCUT2D eigenvalue weighted by Crippen LogP contribution is 2.22. The number of nitrogens with zero attached hydrogens (tertiary/aromatic N) is 1. The molecule has 0 aromatic heterocycles. The molecule has 0 spiro atoms. The van der Waals surface area contributed by atoms with Crippen LogP contribution in [0.3, 0.4) is 0 Å². The summed E-state index contributed by atoms with van der Waals surface area (Å²) >= 11 is 0. The summed E-state index contributed by atoms with van der Waals surface area (Å²) in [5, 5.41) is 5.31. The molecule has 36 heavy (non-hydrogen) atoms. The van der Waals surface area contributed by atoms with Crippen LogP contribution >= 0.6 is 0 Å². The van der Waals surface area contributed by atoms with Crippen molar-refractivity contribution in [1.29, 1.82) is 0 Å². The second-order valence-corrected chi connectivity index (χ2v) is 9.19. The van der Waals surface area contributed by atoms with Crippen molar-refractivity contribution in [2.75, 3.05) is 6.54 Å². The Kier molecular flexibility index (Phi) is 8.51. The Morgan fingerprint density at radius 3 is 2.25 bits per heavy atom. The van der Waals surface area contributed by atoms with Gasteiger partial charge >= 0.3 is 0 Å². The molecule has 0 aliphatic rings. The van der Waals surface area contributed by atoms with E-state index in [1.807, 2.05) is 86.6 Å². The molecule has 0 fully saturated rings. The van der Waals surface area contributed by atoms with E-state index in [9.17, 15) is 9.59 Å². The van der Waals surface area contributed by atoms with Crippen LogP contribution in [0.25, 0.3) is 10.8 Å². The fourth-order valence-electron chi connectivity index (χ4n) is 4.71. The number of benzene rings is 4. The number of hydrogen-bond donors (Lipinski definition) is 1. The minimum absolute atomic E-state index is 0.0154. The largest absolute Gasteiger partial charge is 0.355 e. The highest BCUT2D eigenvalue weighted by molar-refractivity contribution is 5.89. The minimum Gasteiger partial charge on any atom is -0.355 e. The number of likely N-dealkylation sites (N-methyl/N-ethyl adjacent to an activating group) is 1. The van der Waals surface area contributed by atoms with Crippen LogP contribution in [-0.2, 0) is 29.0 Å². The number of hydrogen-bond acceptors (Lipinski definition) is 2. The first-order valence-electron chi connectivity index (χ1n) is 12.7. The van der Waals surface area contributed by atoms with Gasteiger partial charge < -0.3 is 10.2 Å². The number of aryl methyl sites for hydroxylation is 2. The highest BCUT2D eigenvalue weighted by atomic mass is 16.2. The van der Waals surface area contributed by atoms with E-state index in [4.69, 9.17) is 0 Å². The van der Waals surface area contributed by atoms with Gasteiger partial charge in [-0.25, -0.2) is 0 Å². The van der Waals surface area contributed by atoms with Crippen LogP contribution in [0.4, 0.5) is 0 Å². The normalized spacial score (nSPS) is 11.7. The quantitative estimate of drug-likeness (QED) is 0.310.